The minimum Gasteiger partial charge on any atom is -0.454 e. The minimum atomic E-state index is -0.214. The lowest BCUT2D eigenvalue weighted by Crippen LogP contribution is -2.11. The van der Waals surface area contributed by atoms with E-state index in [0.29, 0.717) is 22.2 Å². The first-order chi connectivity index (χ1) is 11.8. The van der Waals surface area contributed by atoms with E-state index in [9.17, 15) is 4.79 Å². The molecule has 1 aliphatic heterocycles. The van der Waals surface area contributed by atoms with E-state index in [2.05, 4.69) is 22.4 Å². The maximum absolute atomic E-state index is 12.3. The standard InChI is InChI=1S/C18H14N2O3S/c21-17(13-6-7-15-16(9-13)23-11-22-15)20-18-19-10-14(24-18)8-12-4-2-1-3-5-12/h1-7,9-10H,8,11H2,(H,19,20,21). The highest BCUT2D eigenvalue weighted by Gasteiger charge is 2.17. The fourth-order valence-electron chi connectivity index (χ4n) is 2.45. The van der Waals surface area contributed by atoms with Crippen molar-refractivity contribution in [2.75, 3.05) is 12.1 Å². The molecule has 2 aromatic carbocycles. The number of carbonyl (C=O) groups is 1. The van der Waals surface area contributed by atoms with Crippen molar-refractivity contribution < 1.29 is 14.3 Å². The summed E-state index contributed by atoms with van der Waals surface area (Å²) in [6, 6.07) is 15.3. The van der Waals surface area contributed by atoms with Gasteiger partial charge in [0, 0.05) is 23.1 Å². The van der Waals surface area contributed by atoms with Crippen LogP contribution in [0.15, 0.2) is 54.7 Å². The Morgan fingerprint density at radius 2 is 1.96 bits per heavy atom. The van der Waals surface area contributed by atoms with Crippen molar-refractivity contribution in [2.45, 2.75) is 6.42 Å². The second-order valence-electron chi connectivity index (χ2n) is 5.32. The molecule has 0 aliphatic carbocycles. The molecule has 2 heterocycles. The first kappa shape index (κ1) is 14.7. The summed E-state index contributed by atoms with van der Waals surface area (Å²) in [5.74, 6) is 1.03. The summed E-state index contributed by atoms with van der Waals surface area (Å²) in [7, 11) is 0. The van der Waals surface area contributed by atoms with Gasteiger partial charge in [-0.25, -0.2) is 4.98 Å². The van der Waals surface area contributed by atoms with Gasteiger partial charge >= 0.3 is 0 Å². The van der Waals surface area contributed by atoms with Crippen LogP contribution in [0.3, 0.4) is 0 Å². The van der Waals surface area contributed by atoms with Gasteiger partial charge < -0.3 is 9.47 Å². The summed E-state index contributed by atoms with van der Waals surface area (Å²) in [6.45, 7) is 0.190. The molecule has 3 aromatic rings. The van der Waals surface area contributed by atoms with Gasteiger partial charge in [-0.1, -0.05) is 30.3 Å². The van der Waals surface area contributed by atoms with Crippen molar-refractivity contribution in [3.8, 4) is 11.5 Å². The lowest BCUT2D eigenvalue weighted by molar-refractivity contribution is 0.102. The lowest BCUT2D eigenvalue weighted by Gasteiger charge is -2.03. The number of nitrogens with zero attached hydrogens (tertiary/aromatic N) is 1. The van der Waals surface area contributed by atoms with E-state index in [1.54, 1.807) is 24.4 Å². The van der Waals surface area contributed by atoms with Gasteiger partial charge in [0.25, 0.3) is 5.91 Å². The van der Waals surface area contributed by atoms with E-state index in [-0.39, 0.29) is 12.7 Å². The van der Waals surface area contributed by atoms with E-state index >= 15 is 0 Å². The zero-order valence-electron chi connectivity index (χ0n) is 12.7. The van der Waals surface area contributed by atoms with Gasteiger partial charge in [0.15, 0.2) is 16.6 Å². The van der Waals surface area contributed by atoms with Gasteiger partial charge in [0.05, 0.1) is 0 Å². The number of amides is 1. The molecule has 0 fully saturated rings. The monoisotopic (exact) mass is 338 g/mol. The summed E-state index contributed by atoms with van der Waals surface area (Å²) < 4.78 is 10.5. The SMILES string of the molecule is O=C(Nc1ncc(Cc2ccccc2)s1)c1ccc2c(c1)OCO2. The Morgan fingerprint density at radius 1 is 1.12 bits per heavy atom. The Labute approximate surface area is 142 Å². The molecule has 24 heavy (non-hydrogen) atoms. The highest BCUT2D eigenvalue weighted by atomic mass is 32.1. The second-order valence-corrected chi connectivity index (χ2v) is 6.43. The predicted octanol–water partition coefficient (Wildman–Crippen LogP) is 3.71. The largest absolute Gasteiger partial charge is 0.454 e. The number of rotatable bonds is 4. The summed E-state index contributed by atoms with van der Waals surface area (Å²) in [4.78, 5) is 17.7. The molecule has 1 N–H and O–H groups in total. The Hall–Kier alpha value is -2.86. The van der Waals surface area contributed by atoms with E-state index in [0.717, 1.165) is 11.3 Å². The molecule has 0 bridgehead atoms. The van der Waals surface area contributed by atoms with Crippen molar-refractivity contribution in [1.82, 2.24) is 4.98 Å². The van der Waals surface area contributed by atoms with Crippen LogP contribution in [0.25, 0.3) is 0 Å². The third-order valence-corrected chi connectivity index (χ3v) is 4.54. The lowest BCUT2D eigenvalue weighted by atomic mass is 10.1. The molecule has 0 saturated carbocycles. The van der Waals surface area contributed by atoms with Gasteiger partial charge in [-0.15, -0.1) is 11.3 Å². The molecule has 120 valence electrons. The highest BCUT2D eigenvalue weighted by Crippen LogP contribution is 2.32. The Balaban J connectivity index is 1.45. The van der Waals surface area contributed by atoms with E-state index in [4.69, 9.17) is 9.47 Å². The molecule has 0 radical (unpaired) electrons. The van der Waals surface area contributed by atoms with Crippen molar-refractivity contribution in [3.05, 3.63) is 70.7 Å². The smallest absolute Gasteiger partial charge is 0.257 e. The first-order valence-electron chi connectivity index (χ1n) is 7.47. The quantitative estimate of drug-likeness (QED) is 0.788. The molecule has 0 spiro atoms. The van der Waals surface area contributed by atoms with Gasteiger partial charge in [-0.2, -0.15) is 0 Å². The Morgan fingerprint density at radius 3 is 2.83 bits per heavy atom. The fourth-order valence-corrected chi connectivity index (χ4v) is 3.29. The third-order valence-electron chi connectivity index (χ3n) is 3.63. The van der Waals surface area contributed by atoms with Crippen LogP contribution in [0.5, 0.6) is 11.5 Å². The summed E-state index contributed by atoms with van der Waals surface area (Å²) in [5, 5.41) is 3.41. The third kappa shape index (κ3) is 3.09. The summed E-state index contributed by atoms with van der Waals surface area (Å²) >= 11 is 1.48. The van der Waals surface area contributed by atoms with Crippen LogP contribution in [0, 0.1) is 0 Å². The maximum atomic E-state index is 12.3. The molecule has 0 saturated heterocycles. The maximum Gasteiger partial charge on any atom is 0.257 e. The normalized spacial score (nSPS) is 12.2. The minimum absolute atomic E-state index is 0.190. The van der Waals surface area contributed by atoms with Crippen LogP contribution in [-0.2, 0) is 6.42 Å². The van der Waals surface area contributed by atoms with Crippen LogP contribution in [0.2, 0.25) is 0 Å². The van der Waals surface area contributed by atoms with E-state index in [1.165, 1.54) is 16.9 Å². The Kier molecular flexibility index (Phi) is 3.88. The summed E-state index contributed by atoms with van der Waals surface area (Å²) in [5.41, 5.74) is 1.73. The molecule has 5 nitrogen and oxygen atoms in total. The van der Waals surface area contributed by atoms with E-state index in [1.807, 2.05) is 18.2 Å². The average Bonchev–Trinajstić information content (AvgIpc) is 3.24. The number of hydrogen-bond acceptors (Lipinski definition) is 5. The zero-order chi connectivity index (χ0) is 16.4. The van der Waals surface area contributed by atoms with Gasteiger partial charge in [-0.05, 0) is 23.8 Å². The number of anilines is 1. The molecule has 0 atom stereocenters. The molecule has 0 unspecified atom stereocenters. The van der Waals surface area contributed by atoms with Crippen LogP contribution >= 0.6 is 11.3 Å². The number of carbonyl (C=O) groups excluding carboxylic acids is 1. The number of thiazole rings is 1. The topological polar surface area (TPSA) is 60.5 Å². The number of aromatic nitrogens is 1. The molecule has 4 rings (SSSR count). The van der Waals surface area contributed by atoms with Crippen molar-refractivity contribution in [3.63, 3.8) is 0 Å². The van der Waals surface area contributed by atoms with Crippen LogP contribution in [0.1, 0.15) is 20.8 Å². The second kappa shape index (κ2) is 6.33. The molecule has 1 aliphatic rings. The van der Waals surface area contributed by atoms with E-state index < -0.39 is 0 Å². The van der Waals surface area contributed by atoms with Crippen molar-refractivity contribution >= 4 is 22.4 Å². The van der Waals surface area contributed by atoms with Crippen molar-refractivity contribution in [1.29, 1.82) is 0 Å². The zero-order valence-corrected chi connectivity index (χ0v) is 13.5. The molecule has 1 aromatic heterocycles. The molecular weight excluding hydrogens is 324 g/mol. The van der Waals surface area contributed by atoms with Crippen molar-refractivity contribution in [2.24, 2.45) is 0 Å². The van der Waals surface area contributed by atoms with Gasteiger partial charge in [0.2, 0.25) is 6.79 Å². The number of hydrogen-bond donors (Lipinski definition) is 1. The fraction of sp³-hybridized carbons (Fsp3) is 0.111. The number of benzene rings is 2. The molecular formula is C18H14N2O3S. The van der Waals surface area contributed by atoms with Gasteiger partial charge in [-0.3, -0.25) is 10.1 Å². The number of nitrogens with one attached hydrogen (secondary N) is 1. The molecule has 6 heteroatoms. The Bertz CT molecular complexity index is 877. The van der Waals surface area contributed by atoms with Crippen LogP contribution < -0.4 is 14.8 Å². The number of fused-ring (bicyclic) bond motifs is 1. The predicted molar refractivity (Wildman–Crippen MR) is 91.9 cm³/mol. The summed E-state index contributed by atoms with van der Waals surface area (Å²) in [6.07, 6.45) is 2.60. The van der Waals surface area contributed by atoms with Gasteiger partial charge in [0.1, 0.15) is 0 Å². The average molecular weight is 338 g/mol. The number of ether oxygens (including phenoxy) is 2. The highest BCUT2D eigenvalue weighted by molar-refractivity contribution is 7.15. The van der Waals surface area contributed by atoms with Crippen LogP contribution in [0.4, 0.5) is 5.13 Å². The van der Waals surface area contributed by atoms with Crippen LogP contribution in [-0.4, -0.2) is 17.7 Å². The first-order valence-corrected chi connectivity index (χ1v) is 8.29. The molecule has 1 amide bonds.